The van der Waals surface area contributed by atoms with E-state index in [0.717, 1.165) is 37.0 Å². The van der Waals surface area contributed by atoms with E-state index in [1.54, 1.807) is 0 Å². The summed E-state index contributed by atoms with van der Waals surface area (Å²) >= 11 is 0. The molecule has 5 heteroatoms. The highest BCUT2D eigenvalue weighted by Crippen LogP contribution is 2.32. The van der Waals surface area contributed by atoms with E-state index in [0.29, 0.717) is 32.8 Å². The lowest BCUT2D eigenvalue weighted by molar-refractivity contribution is -0.143. The number of rotatable bonds is 6. The Balaban J connectivity index is 1.66. The summed E-state index contributed by atoms with van der Waals surface area (Å²) in [4.78, 5) is 14.8. The fraction of sp³-hybridized carbons (Fsp3) is 0.650. The molecule has 0 aromatic heterocycles. The Morgan fingerprint density at radius 3 is 3.04 bits per heavy atom. The van der Waals surface area contributed by atoms with Crippen molar-refractivity contribution in [2.45, 2.75) is 51.2 Å². The van der Waals surface area contributed by atoms with Crippen LogP contribution in [0.4, 0.5) is 0 Å². The molecule has 1 aromatic carbocycles. The summed E-state index contributed by atoms with van der Waals surface area (Å²) in [5, 5.41) is 10.2. The van der Waals surface area contributed by atoms with Crippen molar-refractivity contribution in [3.63, 3.8) is 0 Å². The molecule has 1 saturated carbocycles. The second-order valence-corrected chi connectivity index (χ2v) is 7.06. The van der Waals surface area contributed by atoms with Crippen LogP contribution < -0.4 is 4.74 Å². The first-order valence-electron chi connectivity index (χ1n) is 9.46. The topological polar surface area (TPSA) is 59.0 Å². The van der Waals surface area contributed by atoms with Crippen molar-refractivity contribution in [2.75, 3.05) is 26.4 Å². The van der Waals surface area contributed by atoms with Crippen molar-refractivity contribution in [2.24, 2.45) is 5.92 Å². The van der Waals surface area contributed by atoms with Crippen LogP contribution in [0.2, 0.25) is 0 Å². The zero-order valence-electron chi connectivity index (χ0n) is 15.0. The van der Waals surface area contributed by atoms with Crippen molar-refractivity contribution in [1.82, 2.24) is 4.90 Å². The maximum Gasteiger partial charge on any atom is 0.227 e. The molecule has 0 unspecified atom stereocenters. The predicted octanol–water partition coefficient (Wildman–Crippen LogP) is 2.41. The monoisotopic (exact) mass is 347 g/mol. The maximum atomic E-state index is 12.9. The van der Waals surface area contributed by atoms with E-state index in [1.165, 1.54) is 0 Å². The molecule has 1 amide bonds. The molecule has 1 aliphatic carbocycles. The standard InChI is InChI=1S/C20H29NO4/c1-2-10-25-16-6-3-5-15(12-16)13-20(23)21-9-11-24-14-18(21)17-7-4-8-19(17)22/h3,5-6,12,17-19,22H,2,4,7-11,13-14H2,1H3/t17-,18-,19+/m1/s1. The van der Waals surface area contributed by atoms with Gasteiger partial charge in [-0.25, -0.2) is 0 Å². The van der Waals surface area contributed by atoms with Crippen molar-refractivity contribution in [1.29, 1.82) is 0 Å². The number of hydrogen-bond donors (Lipinski definition) is 1. The lowest BCUT2D eigenvalue weighted by Gasteiger charge is -2.40. The van der Waals surface area contributed by atoms with Gasteiger partial charge in [0, 0.05) is 12.5 Å². The molecule has 3 atom stereocenters. The largest absolute Gasteiger partial charge is 0.494 e. The number of hydrogen-bond acceptors (Lipinski definition) is 4. The average Bonchev–Trinajstić information content (AvgIpc) is 3.06. The minimum Gasteiger partial charge on any atom is -0.494 e. The van der Waals surface area contributed by atoms with Crippen LogP contribution in [0.3, 0.4) is 0 Å². The molecule has 138 valence electrons. The van der Waals surface area contributed by atoms with Gasteiger partial charge in [-0.15, -0.1) is 0 Å². The summed E-state index contributed by atoms with van der Waals surface area (Å²) < 4.78 is 11.3. The van der Waals surface area contributed by atoms with E-state index >= 15 is 0 Å². The summed E-state index contributed by atoms with van der Waals surface area (Å²) in [5.74, 6) is 1.07. The van der Waals surface area contributed by atoms with Gasteiger partial charge >= 0.3 is 0 Å². The number of benzene rings is 1. The minimum absolute atomic E-state index is 0.00160. The third kappa shape index (κ3) is 4.53. The number of nitrogens with zero attached hydrogens (tertiary/aromatic N) is 1. The number of carbonyl (C=O) groups is 1. The van der Waals surface area contributed by atoms with Gasteiger partial charge in [-0.05, 0) is 37.0 Å². The number of aliphatic hydroxyl groups is 1. The fourth-order valence-electron chi connectivity index (χ4n) is 3.95. The molecule has 1 heterocycles. The number of morpholine rings is 1. The van der Waals surface area contributed by atoms with Crippen LogP contribution in [0.5, 0.6) is 5.75 Å². The van der Waals surface area contributed by atoms with Gasteiger partial charge in [0.15, 0.2) is 0 Å². The molecule has 0 radical (unpaired) electrons. The van der Waals surface area contributed by atoms with Crippen LogP contribution in [0.25, 0.3) is 0 Å². The molecule has 3 rings (SSSR count). The molecule has 1 saturated heterocycles. The Bertz CT molecular complexity index is 577. The third-order valence-corrected chi connectivity index (χ3v) is 5.24. The molecule has 0 spiro atoms. The van der Waals surface area contributed by atoms with Crippen LogP contribution in [-0.4, -0.2) is 54.4 Å². The van der Waals surface area contributed by atoms with Gasteiger partial charge in [-0.3, -0.25) is 4.79 Å². The highest BCUT2D eigenvalue weighted by molar-refractivity contribution is 5.79. The molecule has 1 aliphatic heterocycles. The van der Waals surface area contributed by atoms with Crippen molar-refractivity contribution in [3.8, 4) is 5.75 Å². The number of carbonyl (C=O) groups excluding carboxylic acids is 1. The van der Waals surface area contributed by atoms with E-state index < -0.39 is 0 Å². The molecular weight excluding hydrogens is 318 g/mol. The molecule has 1 N–H and O–H groups in total. The summed E-state index contributed by atoms with van der Waals surface area (Å²) in [5.41, 5.74) is 0.968. The third-order valence-electron chi connectivity index (χ3n) is 5.24. The van der Waals surface area contributed by atoms with Gasteiger partial charge in [0.05, 0.1) is 38.4 Å². The zero-order valence-corrected chi connectivity index (χ0v) is 15.0. The Kier molecular flexibility index (Phi) is 6.32. The Hall–Kier alpha value is -1.59. The van der Waals surface area contributed by atoms with Gasteiger partial charge in [0.1, 0.15) is 5.75 Å². The first-order valence-corrected chi connectivity index (χ1v) is 9.46. The van der Waals surface area contributed by atoms with Gasteiger partial charge in [0.2, 0.25) is 5.91 Å². The highest BCUT2D eigenvalue weighted by atomic mass is 16.5. The van der Waals surface area contributed by atoms with E-state index in [4.69, 9.17) is 9.47 Å². The Morgan fingerprint density at radius 2 is 2.28 bits per heavy atom. The van der Waals surface area contributed by atoms with Crippen LogP contribution in [0.1, 0.15) is 38.2 Å². The number of amides is 1. The first-order chi connectivity index (χ1) is 12.2. The molecular formula is C20H29NO4. The first kappa shape index (κ1) is 18.2. The van der Waals surface area contributed by atoms with E-state index in [2.05, 4.69) is 6.92 Å². The summed E-state index contributed by atoms with van der Waals surface area (Å²) in [6.45, 7) is 4.47. The van der Waals surface area contributed by atoms with E-state index in [-0.39, 0.29) is 24.0 Å². The molecule has 2 fully saturated rings. The second-order valence-electron chi connectivity index (χ2n) is 7.06. The normalized spacial score (nSPS) is 26.6. The Labute approximate surface area is 149 Å². The van der Waals surface area contributed by atoms with Gasteiger partial charge < -0.3 is 19.5 Å². The quantitative estimate of drug-likeness (QED) is 0.858. The number of aliphatic hydroxyl groups excluding tert-OH is 1. The summed E-state index contributed by atoms with van der Waals surface area (Å²) in [7, 11) is 0. The summed E-state index contributed by atoms with van der Waals surface area (Å²) in [6, 6.07) is 7.78. The van der Waals surface area contributed by atoms with Crippen molar-refractivity contribution < 1.29 is 19.4 Å². The Morgan fingerprint density at radius 1 is 1.40 bits per heavy atom. The highest BCUT2D eigenvalue weighted by Gasteiger charge is 2.39. The minimum atomic E-state index is -0.312. The number of ether oxygens (including phenoxy) is 2. The van der Waals surface area contributed by atoms with Crippen LogP contribution >= 0.6 is 0 Å². The maximum absolute atomic E-state index is 12.9. The molecule has 1 aromatic rings. The SMILES string of the molecule is CCCOc1cccc(CC(=O)N2CCOC[C@@H]2[C@H]2CCC[C@@H]2O)c1. The van der Waals surface area contributed by atoms with Crippen LogP contribution in [0.15, 0.2) is 24.3 Å². The lowest BCUT2D eigenvalue weighted by Crippen LogP contribution is -2.54. The van der Waals surface area contributed by atoms with Gasteiger partial charge in [0.25, 0.3) is 0 Å². The van der Waals surface area contributed by atoms with Crippen molar-refractivity contribution >= 4 is 5.91 Å². The average molecular weight is 347 g/mol. The second kappa shape index (κ2) is 8.68. The van der Waals surface area contributed by atoms with Gasteiger partial charge in [-0.2, -0.15) is 0 Å². The van der Waals surface area contributed by atoms with Crippen LogP contribution in [-0.2, 0) is 16.0 Å². The fourth-order valence-corrected chi connectivity index (χ4v) is 3.95. The zero-order chi connectivity index (χ0) is 17.6. The predicted molar refractivity (Wildman–Crippen MR) is 95.6 cm³/mol. The smallest absolute Gasteiger partial charge is 0.227 e. The molecule has 25 heavy (non-hydrogen) atoms. The molecule has 0 bridgehead atoms. The molecule has 5 nitrogen and oxygen atoms in total. The molecule has 2 aliphatic rings. The lowest BCUT2D eigenvalue weighted by atomic mass is 9.93. The van der Waals surface area contributed by atoms with Gasteiger partial charge in [-0.1, -0.05) is 25.5 Å². The summed E-state index contributed by atoms with van der Waals surface area (Å²) in [6.07, 6.45) is 3.85. The van der Waals surface area contributed by atoms with Crippen LogP contribution in [0, 0.1) is 5.92 Å². The van der Waals surface area contributed by atoms with Crippen molar-refractivity contribution in [3.05, 3.63) is 29.8 Å². The van der Waals surface area contributed by atoms with E-state index in [1.807, 2.05) is 29.2 Å². The van der Waals surface area contributed by atoms with E-state index in [9.17, 15) is 9.90 Å².